The second-order valence-corrected chi connectivity index (χ2v) is 5.66. The summed E-state index contributed by atoms with van der Waals surface area (Å²) < 4.78 is 13.1. The largest absolute Gasteiger partial charge is 0.393 e. The van der Waals surface area contributed by atoms with E-state index in [9.17, 15) is 9.50 Å². The zero-order chi connectivity index (χ0) is 14.4. The molecule has 1 atom stereocenters. The number of aliphatic hydroxyl groups is 1. The van der Waals surface area contributed by atoms with Crippen molar-refractivity contribution in [1.82, 2.24) is 10.2 Å². The van der Waals surface area contributed by atoms with Gasteiger partial charge in [-0.15, -0.1) is 0 Å². The van der Waals surface area contributed by atoms with Gasteiger partial charge in [0.2, 0.25) is 0 Å². The quantitative estimate of drug-likeness (QED) is 0.785. The fraction of sp³-hybridized carbons (Fsp3) is 0.625. The first kappa shape index (κ1) is 15.4. The highest BCUT2D eigenvalue weighted by atomic mass is 19.1. The maximum absolute atomic E-state index is 13.1. The minimum Gasteiger partial charge on any atom is -0.393 e. The Kier molecular flexibility index (Phi) is 5.95. The monoisotopic (exact) mass is 280 g/mol. The number of likely N-dealkylation sites (tertiary alicyclic amines) is 1. The number of rotatable bonds is 6. The van der Waals surface area contributed by atoms with E-state index < -0.39 is 0 Å². The van der Waals surface area contributed by atoms with Gasteiger partial charge in [-0.3, -0.25) is 0 Å². The number of piperidine rings is 1. The molecule has 1 aliphatic heterocycles. The highest BCUT2D eigenvalue weighted by Crippen LogP contribution is 2.13. The number of halogens is 1. The van der Waals surface area contributed by atoms with Gasteiger partial charge in [-0.25, -0.2) is 4.39 Å². The number of hydrogen-bond acceptors (Lipinski definition) is 3. The number of hydrogen-bond donors (Lipinski definition) is 2. The second-order valence-electron chi connectivity index (χ2n) is 5.66. The summed E-state index contributed by atoms with van der Waals surface area (Å²) in [5, 5.41) is 12.9. The summed E-state index contributed by atoms with van der Waals surface area (Å²) in [5.41, 5.74) is 0.992. The van der Waals surface area contributed by atoms with Crippen LogP contribution in [0.15, 0.2) is 24.3 Å². The maximum atomic E-state index is 13.1. The molecule has 112 valence electrons. The van der Waals surface area contributed by atoms with Gasteiger partial charge >= 0.3 is 0 Å². The van der Waals surface area contributed by atoms with Crippen LogP contribution in [0.5, 0.6) is 0 Å². The van der Waals surface area contributed by atoms with E-state index >= 15 is 0 Å². The van der Waals surface area contributed by atoms with E-state index in [4.69, 9.17) is 0 Å². The lowest BCUT2D eigenvalue weighted by molar-refractivity contribution is 0.0820. The van der Waals surface area contributed by atoms with E-state index in [1.165, 1.54) is 6.07 Å². The number of nitrogens with zero attached hydrogens (tertiary/aromatic N) is 1. The van der Waals surface area contributed by atoms with E-state index in [1.807, 2.05) is 6.07 Å². The summed E-state index contributed by atoms with van der Waals surface area (Å²) in [5.74, 6) is -0.178. The van der Waals surface area contributed by atoms with Crippen molar-refractivity contribution in [3.05, 3.63) is 35.6 Å². The highest BCUT2D eigenvalue weighted by Gasteiger charge is 2.16. The fourth-order valence-corrected chi connectivity index (χ4v) is 2.66. The highest BCUT2D eigenvalue weighted by molar-refractivity contribution is 5.19. The molecule has 2 rings (SSSR count). The molecule has 4 heteroatoms. The lowest BCUT2D eigenvalue weighted by atomic mass is 10.1. The second kappa shape index (κ2) is 7.72. The average Bonchev–Trinajstić information content (AvgIpc) is 2.45. The van der Waals surface area contributed by atoms with Gasteiger partial charge in [0.05, 0.1) is 6.10 Å². The van der Waals surface area contributed by atoms with Crippen molar-refractivity contribution in [2.45, 2.75) is 38.3 Å². The number of nitrogens with one attached hydrogen (secondary N) is 1. The molecule has 0 aromatic heterocycles. The van der Waals surface area contributed by atoms with Crippen LogP contribution >= 0.6 is 0 Å². The Labute approximate surface area is 120 Å². The van der Waals surface area contributed by atoms with Crippen LogP contribution in [0.4, 0.5) is 4.39 Å². The molecule has 20 heavy (non-hydrogen) atoms. The standard InChI is InChI=1S/C16H25FN2O/c1-13(14-4-2-5-15(17)12-14)18-8-3-9-19-10-6-16(20)7-11-19/h2,4-5,12-13,16,18,20H,3,6-11H2,1H3. The van der Waals surface area contributed by atoms with Crippen LogP contribution < -0.4 is 5.32 Å². The van der Waals surface area contributed by atoms with Gasteiger partial charge in [-0.1, -0.05) is 12.1 Å². The first-order valence-corrected chi connectivity index (χ1v) is 7.54. The van der Waals surface area contributed by atoms with E-state index in [0.717, 1.165) is 51.0 Å². The van der Waals surface area contributed by atoms with Gasteiger partial charge in [0.1, 0.15) is 5.82 Å². The Bertz CT molecular complexity index is 405. The van der Waals surface area contributed by atoms with E-state index in [1.54, 1.807) is 12.1 Å². The summed E-state index contributed by atoms with van der Waals surface area (Å²) in [6.07, 6.45) is 2.77. The molecule has 0 amide bonds. The van der Waals surface area contributed by atoms with E-state index in [2.05, 4.69) is 17.1 Å². The Morgan fingerprint density at radius 1 is 1.40 bits per heavy atom. The third-order valence-corrected chi connectivity index (χ3v) is 4.01. The van der Waals surface area contributed by atoms with Crippen molar-refractivity contribution < 1.29 is 9.50 Å². The first-order valence-electron chi connectivity index (χ1n) is 7.54. The average molecular weight is 280 g/mol. The first-order chi connectivity index (χ1) is 9.65. The van der Waals surface area contributed by atoms with Crippen molar-refractivity contribution >= 4 is 0 Å². The van der Waals surface area contributed by atoms with Crippen LogP contribution in [0.1, 0.15) is 37.8 Å². The molecule has 1 saturated heterocycles. The molecule has 1 heterocycles. The fourth-order valence-electron chi connectivity index (χ4n) is 2.66. The summed E-state index contributed by atoms with van der Waals surface area (Å²) in [6, 6.07) is 6.94. The lowest BCUT2D eigenvalue weighted by Crippen LogP contribution is -2.37. The SMILES string of the molecule is CC(NCCCN1CCC(O)CC1)c1cccc(F)c1. The van der Waals surface area contributed by atoms with Crippen LogP contribution in [0.3, 0.4) is 0 Å². The van der Waals surface area contributed by atoms with Crippen molar-refractivity contribution in [3.8, 4) is 0 Å². The molecule has 0 saturated carbocycles. The van der Waals surface area contributed by atoms with E-state index in [0.29, 0.717) is 0 Å². The Hall–Kier alpha value is -0.970. The Morgan fingerprint density at radius 3 is 2.85 bits per heavy atom. The van der Waals surface area contributed by atoms with Crippen molar-refractivity contribution in [2.75, 3.05) is 26.2 Å². The minimum absolute atomic E-state index is 0.0997. The third kappa shape index (κ3) is 4.85. The molecule has 1 aromatic carbocycles. The molecule has 2 N–H and O–H groups in total. The number of benzene rings is 1. The van der Waals surface area contributed by atoms with E-state index in [-0.39, 0.29) is 18.0 Å². The van der Waals surface area contributed by atoms with Crippen LogP contribution in [-0.2, 0) is 0 Å². The van der Waals surface area contributed by atoms with Crippen LogP contribution in [0, 0.1) is 5.82 Å². The summed E-state index contributed by atoms with van der Waals surface area (Å²) in [7, 11) is 0. The molecular formula is C16H25FN2O. The molecule has 1 aliphatic rings. The van der Waals surface area contributed by atoms with Gasteiger partial charge in [-0.2, -0.15) is 0 Å². The van der Waals surface area contributed by atoms with Crippen LogP contribution in [-0.4, -0.2) is 42.3 Å². The maximum Gasteiger partial charge on any atom is 0.123 e. The number of aliphatic hydroxyl groups excluding tert-OH is 1. The predicted octanol–water partition coefficient (Wildman–Crippen LogP) is 2.32. The molecule has 0 spiro atoms. The Balaban J connectivity index is 1.63. The van der Waals surface area contributed by atoms with Crippen molar-refractivity contribution in [1.29, 1.82) is 0 Å². The van der Waals surface area contributed by atoms with Crippen molar-refractivity contribution in [3.63, 3.8) is 0 Å². The van der Waals surface area contributed by atoms with Gasteiger partial charge in [0.25, 0.3) is 0 Å². The minimum atomic E-state index is -0.178. The zero-order valence-corrected chi connectivity index (χ0v) is 12.2. The summed E-state index contributed by atoms with van der Waals surface area (Å²) in [4.78, 5) is 2.40. The third-order valence-electron chi connectivity index (χ3n) is 4.01. The summed E-state index contributed by atoms with van der Waals surface area (Å²) >= 11 is 0. The van der Waals surface area contributed by atoms with Crippen LogP contribution in [0.2, 0.25) is 0 Å². The predicted molar refractivity (Wildman–Crippen MR) is 79.1 cm³/mol. The smallest absolute Gasteiger partial charge is 0.123 e. The molecule has 0 bridgehead atoms. The molecule has 0 aliphatic carbocycles. The van der Waals surface area contributed by atoms with Gasteiger partial charge in [0, 0.05) is 19.1 Å². The molecule has 3 nitrogen and oxygen atoms in total. The van der Waals surface area contributed by atoms with Gasteiger partial charge in [-0.05, 0) is 57.0 Å². The molecule has 1 aromatic rings. The van der Waals surface area contributed by atoms with Gasteiger partial charge < -0.3 is 15.3 Å². The summed E-state index contributed by atoms with van der Waals surface area (Å²) in [6.45, 7) is 6.06. The molecule has 1 fully saturated rings. The molecule has 0 radical (unpaired) electrons. The van der Waals surface area contributed by atoms with Crippen LogP contribution in [0.25, 0.3) is 0 Å². The van der Waals surface area contributed by atoms with Crippen molar-refractivity contribution in [2.24, 2.45) is 0 Å². The lowest BCUT2D eigenvalue weighted by Gasteiger charge is -2.29. The molecule has 1 unspecified atom stereocenters. The normalized spacial score (nSPS) is 19.1. The van der Waals surface area contributed by atoms with Gasteiger partial charge in [0.15, 0.2) is 0 Å². The Morgan fingerprint density at radius 2 is 2.15 bits per heavy atom. The molecular weight excluding hydrogens is 255 g/mol. The topological polar surface area (TPSA) is 35.5 Å². The zero-order valence-electron chi connectivity index (χ0n) is 12.2.